The van der Waals surface area contributed by atoms with Crippen LogP contribution in [0.2, 0.25) is 0 Å². The normalized spacial score (nSPS) is 25.3. The minimum Gasteiger partial charge on any atom is -0.507 e. The lowest BCUT2D eigenvalue weighted by atomic mass is 9.72. The number of hydrogen-bond donors (Lipinski definition) is 5. The maximum absolute atomic E-state index is 14.0. The molecule has 11 nitrogen and oxygen atoms in total. The Kier molecular flexibility index (Phi) is 9.49. The van der Waals surface area contributed by atoms with Crippen molar-refractivity contribution in [1.29, 1.82) is 0 Å². The van der Waals surface area contributed by atoms with Crippen LogP contribution in [0, 0.1) is 0 Å². The number of aliphatic hydroxyl groups excluding tert-OH is 1. The molecule has 1 heterocycles. The highest BCUT2D eigenvalue weighted by atomic mass is 16.7. The SMILES string of the molecule is COc1cccc2c1C(=O)c1c(O)c3c(c(O)c1C2=O)C[C@@](O)(C(C)=O)C[C@@H]3OC1CC(NCC(c2ccccc2)c2ccccc2)C(O)C(C)O1. The quantitative estimate of drug-likeness (QED) is 0.137. The molecule has 4 aromatic rings. The van der Waals surface area contributed by atoms with Gasteiger partial charge in [-0.25, -0.2) is 0 Å². The van der Waals surface area contributed by atoms with Crippen LogP contribution in [0.4, 0.5) is 0 Å². The average Bonchev–Trinajstić information content (AvgIpc) is 3.14. The van der Waals surface area contributed by atoms with E-state index in [1.807, 2.05) is 36.4 Å². The standard InChI is InChI=1S/C41H41NO10/c1-21-36(44)28(42-20-27(23-11-6-4-7-12-23)24-13-8-5-9-14-24)17-31(51-21)52-30-19-41(49,22(2)43)18-26-33(30)40(48)35-34(38(26)46)37(45)25-15-10-16-29(50-3)32(25)39(35)47/h4-16,21,27-28,30-31,36,42,44,46,48-49H,17-20H2,1-3H3/t21?,28?,30-,31?,36?,41-/m0/s1. The molecule has 7 rings (SSSR count). The lowest BCUT2D eigenvalue weighted by Gasteiger charge is -2.43. The van der Waals surface area contributed by atoms with Crippen LogP contribution < -0.4 is 10.1 Å². The fourth-order valence-electron chi connectivity index (χ4n) is 7.90. The highest BCUT2D eigenvalue weighted by Gasteiger charge is 2.49. The second-order valence-corrected chi connectivity index (χ2v) is 13.9. The molecule has 52 heavy (non-hydrogen) atoms. The minimum atomic E-state index is -2.03. The monoisotopic (exact) mass is 707 g/mol. The molecule has 11 heteroatoms. The lowest BCUT2D eigenvalue weighted by molar-refractivity contribution is -0.249. The van der Waals surface area contributed by atoms with E-state index in [9.17, 15) is 34.8 Å². The number of carbonyl (C=O) groups is 3. The van der Waals surface area contributed by atoms with Gasteiger partial charge < -0.3 is 40.0 Å². The van der Waals surface area contributed by atoms with Crippen molar-refractivity contribution in [2.45, 2.75) is 75.3 Å². The molecular weight excluding hydrogens is 666 g/mol. The number of phenols is 2. The summed E-state index contributed by atoms with van der Waals surface area (Å²) >= 11 is 0. The summed E-state index contributed by atoms with van der Waals surface area (Å²) in [6.07, 6.45) is -4.50. The van der Waals surface area contributed by atoms with Crippen LogP contribution in [0.5, 0.6) is 17.2 Å². The number of aliphatic hydroxyl groups is 2. The third-order valence-corrected chi connectivity index (χ3v) is 10.7. The van der Waals surface area contributed by atoms with Crippen molar-refractivity contribution >= 4 is 17.3 Å². The molecule has 0 saturated carbocycles. The van der Waals surface area contributed by atoms with Gasteiger partial charge in [-0.15, -0.1) is 0 Å². The van der Waals surface area contributed by atoms with E-state index in [-0.39, 0.29) is 46.8 Å². The average molecular weight is 708 g/mol. The summed E-state index contributed by atoms with van der Waals surface area (Å²) in [6.45, 7) is 3.39. The summed E-state index contributed by atoms with van der Waals surface area (Å²) in [5, 5.41) is 49.8. The molecule has 1 fully saturated rings. The van der Waals surface area contributed by atoms with Gasteiger partial charge in [-0.2, -0.15) is 0 Å². The van der Waals surface area contributed by atoms with E-state index in [4.69, 9.17) is 14.2 Å². The summed E-state index contributed by atoms with van der Waals surface area (Å²) in [5.74, 6) is -3.18. The van der Waals surface area contributed by atoms with E-state index in [1.54, 1.807) is 6.92 Å². The molecule has 0 amide bonds. The van der Waals surface area contributed by atoms with Gasteiger partial charge in [0.15, 0.2) is 17.9 Å². The number of fused-ring (bicyclic) bond motifs is 3. The number of methoxy groups -OCH3 is 1. The maximum Gasteiger partial charge on any atom is 0.202 e. The van der Waals surface area contributed by atoms with Crippen LogP contribution in [-0.4, -0.2) is 81.6 Å². The van der Waals surface area contributed by atoms with Gasteiger partial charge in [0, 0.05) is 54.5 Å². The van der Waals surface area contributed by atoms with Crippen molar-refractivity contribution in [3.05, 3.63) is 123 Å². The van der Waals surface area contributed by atoms with Crippen LogP contribution in [0.3, 0.4) is 0 Å². The zero-order valence-corrected chi connectivity index (χ0v) is 29.0. The molecule has 4 unspecified atom stereocenters. The Morgan fingerprint density at radius 2 is 1.56 bits per heavy atom. The maximum atomic E-state index is 14.0. The van der Waals surface area contributed by atoms with E-state index in [1.165, 1.54) is 32.2 Å². The van der Waals surface area contributed by atoms with Crippen LogP contribution in [0.15, 0.2) is 78.9 Å². The van der Waals surface area contributed by atoms with Crippen molar-refractivity contribution in [3.63, 3.8) is 0 Å². The molecule has 270 valence electrons. The molecule has 3 aliphatic rings. The fourth-order valence-corrected chi connectivity index (χ4v) is 7.90. The summed E-state index contributed by atoms with van der Waals surface area (Å²) in [5.41, 5.74) is -0.852. The third kappa shape index (κ3) is 6.08. The van der Waals surface area contributed by atoms with Crippen LogP contribution >= 0.6 is 0 Å². The van der Waals surface area contributed by atoms with Gasteiger partial charge in [-0.05, 0) is 31.0 Å². The topological polar surface area (TPSA) is 172 Å². The van der Waals surface area contributed by atoms with Gasteiger partial charge in [-0.1, -0.05) is 72.8 Å². The number of rotatable bonds is 9. The molecule has 0 spiro atoms. The van der Waals surface area contributed by atoms with Crippen molar-refractivity contribution in [1.82, 2.24) is 5.32 Å². The van der Waals surface area contributed by atoms with Gasteiger partial charge in [0.05, 0.1) is 42.1 Å². The number of ether oxygens (including phenoxy) is 3. The number of carbonyl (C=O) groups excluding carboxylic acids is 3. The number of phenolic OH excluding ortho intramolecular Hbond substituents is 2. The third-order valence-electron chi connectivity index (χ3n) is 10.7. The van der Waals surface area contributed by atoms with Crippen molar-refractivity contribution in [2.24, 2.45) is 0 Å². The summed E-state index contributed by atoms with van der Waals surface area (Å²) in [4.78, 5) is 40.6. The number of Topliss-reactive ketones (excluding diaryl/α,β-unsaturated/α-hetero) is 1. The number of nitrogens with one attached hydrogen (secondary N) is 1. The summed E-state index contributed by atoms with van der Waals surface area (Å²) in [7, 11) is 1.35. The molecule has 2 aliphatic carbocycles. The number of ketones is 3. The molecule has 6 atom stereocenters. The molecule has 1 saturated heterocycles. The molecule has 0 bridgehead atoms. The van der Waals surface area contributed by atoms with Gasteiger partial charge >= 0.3 is 0 Å². The van der Waals surface area contributed by atoms with Gasteiger partial charge in [-0.3, -0.25) is 14.4 Å². The first-order valence-electron chi connectivity index (χ1n) is 17.4. The van der Waals surface area contributed by atoms with Crippen LogP contribution in [0.25, 0.3) is 0 Å². The highest BCUT2D eigenvalue weighted by molar-refractivity contribution is 6.31. The Labute approximate surface area is 300 Å². The Morgan fingerprint density at radius 1 is 0.923 bits per heavy atom. The zero-order chi connectivity index (χ0) is 36.9. The van der Waals surface area contributed by atoms with E-state index < -0.39 is 82.6 Å². The van der Waals surface area contributed by atoms with Crippen molar-refractivity contribution in [2.75, 3.05) is 13.7 Å². The fraction of sp³-hybridized carbons (Fsp3) is 0.341. The van der Waals surface area contributed by atoms with Crippen LogP contribution in [0.1, 0.15) is 92.8 Å². The Hall–Kier alpha value is -4.91. The van der Waals surface area contributed by atoms with Crippen molar-refractivity contribution in [3.8, 4) is 17.2 Å². The summed E-state index contributed by atoms with van der Waals surface area (Å²) in [6, 6.07) is 24.0. The first-order valence-corrected chi connectivity index (χ1v) is 17.4. The van der Waals surface area contributed by atoms with Gasteiger partial charge in [0.2, 0.25) is 5.78 Å². The Bertz CT molecular complexity index is 1990. The smallest absolute Gasteiger partial charge is 0.202 e. The van der Waals surface area contributed by atoms with E-state index >= 15 is 0 Å². The Morgan fingerprint density at radius 3 is 2.17 bits per heavy atom. The largest absolute Gasteiger partial charge is 0.507 e. The van der Waals surface area contributed by atoms with Crippen molar-refractivity contribution < 1.29 is 49.0 Å². The Balaban J connectivity index is 1.22. The molecule has 0 aromatic heterocycles. The molecular formula is C41H41NO10. The number of hydrogen-bond acceptors (Lipinski definition) is 11. The molecule has 0 radical (unpaired) electrons. The predicted octanol–water partition coefficient (Wildman–Crippen LogP) is 4.49. The summed E-state index contributed by atoms with van der Waals surface area (Å²) < 4.78 is 17.9. The lowest BCUT2D eigenvalue weighted by Crippen LogP contribution is -2.55. The second kappa shape index (κ2) is 13.9. The molecule has 4 aromatic carbocycles. The van der Waals surface area contributed by atoms with E-state index in [0.717, 1.165) is 11.1 Å². The highest BCUT2D eigenvalue weighted by Crippen LogP contribution is 2.52. The van der Waals surface area contributed by atoms with E-state index in [0.29, 0.717) is 6.54 Å². The molecule has 5 N–H and O–H groups in total. The van der Waals surface area contributed by atoms with Gasteiger partial charge in [0.1, 0.15) is 22.8 Å². The zero-order valence-electron chi connectivity index (χ0n) is 29.0. The predicted molar refractivity (Wildman–Crippen MR) is 189 cm³/mol. The van der Waals surface area contributed by atoms with Gasteiger partial charge in [0.25, 0.3) is 0 Å². The van der Waals surface area contributed by atoms with Crippen LogP contribution in [-0.2, 0) is 20.7 Å². The first-order chi connectivity index (χ1) is 24.9. The molecule has 1 aliphatic heterocycles. The first kappa shape index (κ1) is 35.5. The minimum absolute atomic E-state index is 0.0135. The van der Waals surface area contributed by atoms with E-state index in [2.05, 4.69) is 29.6 Å². The second-order valence-electron chi connectivity index (χ2n) is 13.9. The number of benzene rings is 4. The number of aromatic hydroxyl groups is 2.